The van der Waals surface area contributed by atoms with E-state index in [0.29, 0.717) is 25.8 Å². The average Bonchev–Trinajstić information content (AvgIpc) is 3.11. The number of carbonyl (C=O) groups is 4. The fraction of sp³-hybridized carbons (Fsp3) is 0.714. The van der Waals surface area contributed by atoms with Gasteiger partial charge < -0.3 is 26.4 Å². The molecule has 23 heavy (non-hydrogen) atoms. The Labute approximate surface area is 133 Å². The predicted molar refractivity (Wildman–Crippen MR) is 78.7 cm³/mol. The van der Waals surface area contributed by atoms with Crippen molar-refractivity contribution in [2.24, 2.45) is 5.73 Å². The van der Waals surface area contributed by atoms with E-state index in [4.69, 9.17) is 5.73 Å². The summed E-state index contributed by atoms with van der Waals surface area (Å²) in [7, 11) is 0. The van der Waals surface area contributed by atoms with Gasteiger partial charge in [-0.1, -0.05) is 0 Å². The van der Waals surface area contributed by atoms with Gasteiger partial charge in [-0.15, -0.1) is 0 Å². The highest BCUT2D eigenvalue weighted by atomic mass is 16.3. The van der Waals surface area contributed by atoms with Crippen LogP contribution >= 0.6 is 0 Å². The largest absolute Gasteiger partial charge is 0.391 e. The van der Waals surface area contributed by atoms with Crippen LogP contribution in [0.4, 0.5) is 0 Å². The summed E-state index contributed by atoms with van der Waals surface area (Å²) < 4.78 is 0. The topological polar surface area (TPSA) is 142 Å². The highest BCUT2D eigenvalue weighted by Crippen LogP contribution is 2.19. The van der Waals surface area contributed by atoms with E-state index in [2.05, 4.69) is 10.6 Å². The lowest BCUT2D eigenvalue weighted by Gasteiger charge is -2.29. The van der Waals surface area contributed by atoms with Crippen LogP contribution in [0.3, 0.4) is 0 Å². The Bertz CT molecular complexity index is 521. The number of nitrogens with one attached hydrogen (secondary N) is 2. The number of likely N-dealkylation sites (tertiary alicyclic amines) is 1. The third-order valence-corrected chi connectivity index (χ3v) is 4.22. The smallest absolute Gasteiger partial charge is 0.248 e. The molecule has 2 rings (SSSR count). The summed E-state index contributed by atoms with van der Waals surface area (Å²) in [5, 5.41) is 14.8. The lowest BCUT2D eigenvalue weighted by molar-refractivity contribution is -0.143. The molecule has 4 amide bonds. The second-order valence-electron chi connectivity index (χ2n) is 5.98. The van der Waals surface area contributed by atoms with Crippen molar-refractivity contribution in [3.63, 3.8) is 0 Å². The van der Waals surface area contributed by atoms with E-state index in [-0.39, 0.29) is 12.3 Å². The fourth-order valence-electron chi connectivity index (χ4n) is 2.96. The first kappa shape index (κ1) is 17.2. The van der Waals surface area contributed by atoms with Crippen molar-refractivity contribution in [1.29, 1.82) is 0 Å². The van der Waals surface area contributed by atoms with Gasteiger partial charge in [-0.05, 0) is 26.2 Å². The van der Waals surface area contributed by atoms with E-state index in [9.17, 15) is 24.3 Å². The molecule has 4 atom stereocenters. The van der Waals surface area contributed by atoms with Gasteiger partial charge in [0.25, 0.3) is 0 Å². The first-order valence-electron chi connectivity index (χ1n) is 7.69. The third kappa shape index (κ3) is 3.79. The molecule has 2 fully saturated rings. The first-order valence-corrected chi connectivity index (χ1v) is 7.69. The SMILES string of the molecule is C[C@@H](O)[C@H](NC(=O)[C@@H]1CCC(=O)N1)C(=O)N1CCC[C@H]1C(N)=O. The number of aliphatic hydroxyl groups is 1. The maximum Gasteiger partial charge on any atom is 0.248 e. The van der Waals surface area contributed by atoms with Gasteiger partial charge in [-0.2, -0.15) is 0 Å². The van der Waals surface area contributed by atoms with Gasteiger partial charge in [-0.25, -0.2) is 0 Å². The third-order valence-electron chi connectivity index (χ3n) is 4.22. The molecule has 2 saturated heterocycles. The van der Waals surface area contributed by atoms with Crippen molar-refractivity contribution in [3.8, 4) is 0 Å². The number of amides is 4. The van der Waals surface area contributed by atoms with Crippen LogP contribution in [0.5, 0.6) is 0 Å². The zero-order valence-electron chi connectivity index (χ0n) is 12.9. The number of hydrogen-bond acceptors (Lipinski definition) is 5. The van der Waals surface area contributed by atoms with Gasteiger partial charge >= 0.3 is 0 Å². The maximum absolute atomic E-state index is 12.6. The normalized spacial score (nSPS) is 26.5. The highest BCUT2D eigenvalue weighted by Gasteiger charge is 2.39. The molecular weight excluding hydrogens is 304 g/mol. The first-order chi connectivity index (χ1) is 10.8. The Balaban J connectivity index is 2.05. The van der Waals surface area contributed by atoms with Gasteiger partial charge in [-0.3, -0.25) is 19.2 Å². The van der Waals surface area contributed by atoms with Gasteiger partial charge in [0, 0.05) is 13.0 Å². The maximum atomic E-state index is 12.6. The Morgan fingerprint density at radius 2 is 2.09 bits per heavy atom. The van der Waals surface area contributed by atoms with E-state index in [1.54, 1.807) is 0 Å². The quantitative estimate of drug-likeness (QED) is 0.446. The monoisotopic (exact) mass is 326 g/mol. The van der Waals surface area contributed by atoms with Crippen LogP contribution in [0.25, 0.3) is 0 Å². The molecule has 5 N–H and O–H groups in total. The van der Waals surface area contributed by atoms with Gasteiger partial charge in [0.15, 0.2) is 0 Å². The minimum Gasteiger partial charge on any atom is -0.391 e. The van der Waals surface area contributed by atoms with Gasteiger partial charge in [0.1, 0.15) is 18.1 Å². The zero-order valence-corrected chi connectivity index (χ0v) is 12.9. The number of aliphatic hydroxyl groups excluding tert-OH is 1. The molecule has 0 aromatic heterocycles. The van der Waals surface area contributed by atoms with Crippen molar-refractivity contribution in [1.82, 2.24) is 15.5 Å². The Kier molecular flexibility index (Phi) is 5.19. The van der Waals surface area contributed by atoms with Crippen LogP contribution < -0.4 is 16.4 Å². The van der Waals surface area contributed by atoms with E-state index in [1.807, 2.05) is 0 Å². The lowest BCUT2D eigenvalue weighted by atomic mass is 10.1. The fourth-order valence-corrected chi connectivity index (χ4v) is 2.96. The number of nitrogens with two attached hydrogens (primary N) is 1. The van der Waals surface area contributed by atoms with E-state index >= 15 is 0 Å². The second kappa shape index (κ2) is 6.95. The number of nitrogens with zero attached hydrogens (tertiary/aromatic N) is 1. The molecule has 0 bridgehead atoms. The molecule has 128 valence electrons. The summed E-state index contributed by atoms with van der Waals surface area (Å²) in [4.78, 5) is 48.6. The van der Waals surface area contributed by atoms with E-state index in [0.717, 1.165) is 0 Å². The molecule has 0 aromatic carbocycles. The van der Waals surface area contributed by atoms with Crippen molar-refractivity contribution in [2.75, 3.05) is 6.54 Å². The van der Waals surface area contributed by atoms with Crippen LogP contribution in [-0.4, -0.2) is 64.4 Å². The lowest BCUT2D eigenvalue weighted by Crippen LogP contribution is -2.58. The number of hydrogen-bond donors (Lipinski definition) is 4. The summed E-state index contributed by atoms with van der Waals surface area (Å²) in [5.41, 5.74) is 5.29. The highest BCUT2D eigenvalue weighted by molar-refractivity contribution is 5.95. The average molecular weight is 326 g/mol. The van der Waals surface area contributed by atoms with Crippen molar-refractivity contribution in [3.05, 3.63) is 0 Å². The van der Waals surface area contributed by atoms with Crippen molar-refractivity contribution >= 4 is 23.6 Å². The molecule has 0 aromatic rings. The minimum absolute atomic E-state index is 0.224. The van der Waals surface area contributed by atoms with E-state index in [1.165, 1.54) is 11.8 Å². The molecule has 0 saturated carbocycles. The van der Waals surface area contributed by atoms with Crippen molar-refractivity contribution < 1.29 is 24.3 Å². The molecule has 2 aliphatic heterocycles. The van der Waals surface area contributed by atoms with Crippen LogP contribution in [0, 0.1) is 0 Å². The zero-order chi connectivity index (χ0) is 17.1. The van der Waals surface area contributed by atoms with Crippen LogP contribution in [0.15, 0.2) is 0 Å². The molecule has 9 nitrogen and oxygen atoms in total. The summed E-state index contributed by atoms with van der Waals surface area (Å²) in [6.07, 6.45) is 0.566. The second-order valence-corrected chi connectivity index (χ2v) is 5.98. The predicted octanol–water partition coefficient (Wildman–Crippen LogP) is -2.39. The van der Waals surface area contributed by atoms with Crippen LogP contribution in [-0.2, 0) is 19.2 Å². The summed E-state index contributed by atoms with van der Waals surface area (Å²) in [6.45, 7) is 1.73. The summed E-state index contributed by atoms with van der Waals surface area (Å²) in [6, 6.07) is -2.60. The minimum atomic E-state index is -1.18. The Morgan fingerprint density at radius 3 is 2.61 bits per heavy atom. The Hall–Kier alpha value is -2.16. The molecule has 2 aliphatic rings. The molecular formula is C14H22N4O5. The molecule has 2 heterocycles. The number of carbonyl (C=O) groups excluding carboxylic acids is 4. The summed E-state index contributed by atoms with van der Waals surface area (Å²) >= 11 is 0. The summed E-state index contributed by atoms with van der Waals surface area (Å²) in [5.74, 6) is -1.89. The number of primary amides is 1. The van der Waals surface area contributed by atoms with Crippen LogP contribution in [0.2, 0.25) is 0 Å². The molecule has 0 aliphatic carbocycles. The molecule has 0 radical (unpaired) electrons. The van der Waals surface area contributed by atoms with Gasteiger partial charge in [0.2, 0.25) is 23.6 Å². The van der Waals surface area contributed by atoms with E-state index < -0.39 is 42.0 Å². The van der Waals surface area contributed by atoms with Crippen molar-refractivity contribution in [2.45, 2.75) is 56.8 Å². The molecule has 0 spiro atoms. The van der Waals surface area contributed by atoms with Crippen LogP contribution in [0.1, 0.15) is 32.6 Å². The Morgan fingerprint density at radius 1 is 1.39 bits per heavy atom. The standard InChI is InChI=1S/C14H22N4O5/c1-7(19)11(17-13(22)8-4-5-10(20)16-8)14(23)18-6-2-3-9(18)12(15)21/h7-9,11,19H,2-6H2,1H3,(H2,15,21)(H,16,20)(H,17,22)/t7-,8+,9+,11+/m1/s1. The van der Waals surface area contributed by atoms with Gasteiger partial charge in [0.05, 0.1) is 6.10 Å². The molecule has 9 heteroatoms. The number of rotatable bonds is 5. The molecule has 0 unspecified atom stereocenters.